The molecule has 4 fully saturated rings. The van der Waals surface area contributed by atoms with Gasteiger partial charge in [0.15, 0.2) is 4.77 Å². The summed E-state index contributed by atoms with van der Waals surface area (Å²) in [6, 6.07) is 0. The van der Waals surface area contributed by atoms with Crippen LogP contribution in [0, 0.1) is 22.5 Å². The number of rotatable bonds is 3. The average molecular weight is 307 g/mol. The van der Waals surface area contributed by atoms with E-state index in [4.69, 9.17) is 17.3 Å². The summed E-state index contributed by atoms with van der Waals surface area (Å²) in [7, 11) is 1.95. The molecule has 1 heterocycles. The highest BCUT2D eigenvalue weighted by atomic mass is 32.1. The Morgan fingerprint density at radius 1 is 1.29 bits per heavy atom. The van der Waals surface area contributed by atoms with Crippen molar-refractivity contribution in [3.8, 4) is 0 Å². The van der Waals surface area contributed by atoms with E-state index in [-0.39, 0.29) is 12.0 Å². The molecule has 5 nitrogen and oxygen atoms in total. The van der Waals surface area contributed by atoms with Gasteiger partial charge in [-0.3, -0.25) is 4.79 Å². The third-order valence-corrected chi connectivity index (χ3v) is 6.32. The predicted molar refractivity (Wildman–Crippen MR) is 79.5 cm³/mol. The van der Waals surface area contributed by atoms with Crippen molar-refractivity contribution in [3.05, 3.63) is 10.6 Å². The first kappa shape index (κ1) is 13.5. The molecule has 0 radical (unpaired) electrons. The van der Waals surface area contributed by atoms with Gasteiger partial charge in [-0.2, -0.15) is 5.10 Å². The van der Waals surface area contributed by atoms with Crippen LogP contribution in [0.4, 0.5) is 0 Å². The molecule has 1 aromatic heterocycles. The molecule has 5 rings (SSSR count). The average Bonchev–Trinajstić information content (AvgIpc) is 2.65. The van der Waals surface area contributed by atoms with Crippen molar-refractivity contribution in [2.45, 2.75) is 50.5 Å². The van der Waals surface area contributed by atoms with Gasteiger partial charge in [0.05, 0.1) is 0 Å². The maximum atomic E-state index is 11.0. The second kappa shape index (κ2) is 4.41. The smallest absolute Gasteiger partial charge is 0.325 e. The number of hydrogen-bond donors (Lipinski definition) is 1. The van der Waals surface area contributed by atoms with E-state index in [9.17, 15) is 4.79 Å². The fraction of sp³-hybridized carbons (Fsp3) is 0.800. The molecule has 0 aliphatic heterocycles. The van der Waals surface area contributed by atoms with Crippen molar-refractivity contribution in [2.75, 3.05) is 0 Å². The van der Waals surface area contributed by atoms with Gasteiger partial charge in [0, 0.05) is 12.5 Å². The number of carboxylic acid groups (broad SMARTS) is 1. The lowest BCUT2D eigenvalue weighted by atomic mass is 9.49. The molecular weight excluding hydrogens is 286 g/mol. The van der Waals surface area contributed by atoms with E-state index in [2.05, 4.69) is 5.10 Å². The quantitative estimate of drug-likeness (QED) is 0.872. The van der Waals surface area contributed by atoms with Crippen LogP contribution < -0.4 is 0 Å². The van der Waals surface area contributed by atoms with Gasteiger partial charge >= 0.3 is 5.97 Å². The summed E-state index contributed by atoms with van der Waals surface area (Å²) in [4.78, 5) is 11.0. The lowest BCUT2D eigenvalue weighted by Gasteiger charge is -2.56. The van der Waals surface area contributed by atoms with Crippen molar-refractivity contribution in [1.29, 1.82) is 0 Å². The molecule has 21 heavy (non-hydrogen) atoms. The first-order chi connectivity index (χ1) is 9.97. The highest BCUT2D eigenvalue weighted by Gasteiger charge is 2.53. The molecule has 4 aliphatic carbocycles. The van der Waals surface area contributed by atoms with E-state index >= 15 is 0 Å². The van der Waals surface area contributed by atoms with Crippen LogP contribution in [-0.4, -0.2) is 25.4 Å². The SMILES string of the molecule is Cn1c(C23CC4CC(CC(C4)C2)C3)nn(CC(=O)O)c1=S. The molecule has 4 saturated carbocycles. The van der Waals surface area contributed by atoms with E-state index in [0.717, 1.165) is 23.6 Å². The van der Waals surface area contributed by atoms with Crippen LogP contribution in [0.1, 0.15) is 44.3 Å². The Labute approximate surface area is 129 Å². The lowest BCUT2D eigenvalue weighted by molar-refractivity contribution is -0.137. The molecule has 0 unspecified atom stereocenters. The Hall–Kier alpha value is -1.17. The minimum atomic E-state index is -0.888. The maximum absolute atomic E-state index is 11.0. The van der Waals surface area contributed by atoms with Crippen molar-refractivity contribution >= 4 is 18.2 Å². The highest BCUT2D eigenvalue weighted by Crippen LogP contribution is 2.60. The minimum absolute atomic E-state index is 0.140. The second-order valence-electron chi connectivity index (χ2n) is 7.41. The summed E-state index contributed by atoms with van der Waals surface area (Å²) >= 11 is 5.39. The van der Waals surface area contributed by atoms with E-state index in [1.165, 1.54) is 43.2 Å². The first-order valence-corrected chi connectivity index (χ1v) is 8.24. The first-order valence-electron chi connectivity index (χ1n) is 7.83. The van der Waals surface area contributed by atoms with Gasteiger partial charge in [0.1, 0.15) is 12.4 Å². The van der Waals surface area contributed by atoms with Gasteiger partial charge in [0.25, 0.3) is 0 Å². The topological polar surface area (TPSA) is 60.0 Å². The van der Waals surface area contributed by atoms with Gasteiger partial charge in [-0.25, -0.2) is 4.68 Å². The molecule has 0 amide bonds. The summed E-state index contributed by atoms with van der Waals surface area (Å²) < 4.78 is 3.97. The van der Waals surface area contributed by atoms with Crippen LogP contribution >= 0.6 is 12.2 Å². The van der Waals surface area contributed by atoms with Crippen molar-refractivity contribution < 1.29 is 9.90 Å². The molecule has 1 aromatic rings. The fourth-order valence-corrected chi connectivity index (χ4v) is 5.76. The van der Waals surface area contributed by atoms with Gasteiger partial charge in [-0.1, -0.05) is 0 Å². The van der Waals surface area contributed by atoms with Crippen molar-refractivity contribution in [1.82, 2.24) is 14.3 Å². The summed E-state index contributed by atoms with van der Waals surface area (Å²) in [5.41, 5.74) is 0.154. The molecule has 4 bridgehead atoms. The molecule has 4 aliphatic rings. The van der Waals surface area contributed by atoms with E-state index < -0.39 is 5.97 Å². The Bertz CT molecular complexity index is 625. The largest absolute Gasteiger partial charge is 0.480 e. The standard InChI is InChI=1S/C15H21N3O2S/c1-17-13(16-18(14(17)21)8-12(19)20)15-5-9-2-10(6-15)4-11(3-9)7-15/h9-11H,2-8H2,1H3,(H,19,20). The number of carboxylic acids is 1. The molecule has 114 valence electrons. The Balaban J connectivity index is 1.76. The summed E-state index contributed by atoms with van der Waals surface area (Å²) in [5.74, 6) is 2.67. The fourth-order valence-electron chi connectivity index (χ4n) is 5.57. The van der Waals surface area contributed by atoms with Crippen LogP contribution in [-0.2, 0) is 23.8 Å². The van der Waals surface area contributed by atoms with Crippen LogP contribution in [0.15, 0.2) is 0 Å². The maximum Gasteiger partial charge on any atom is 0.325 e. The molecular formula is C15H21N3O2S. The van der Waals surface area contributed by atoms with Crippen molar-refractivity contribution in [2.24, 2.45) is 24.8 Å². The number of hydrogen-bond acceptors (Lipinski definition) is 3. The molecule has 1 N–H and O–H groups in total. The monoisotopic (exact) mass is 307 g/mol. The Morgan fingerprint density at radius 3 is 2.29 bits per heavy atom. The van der Waals surface area contributed by atoms with Crippen molar-refractivity contribution in [3.63, 3.8) is 0 Å². The summed E-state index contributed by atoms with van der Waals surface area (Å²) in [6.45, 7) is -0.140. The van der Waals surface area contributed by atoms with Gasteiger partial charge in [-0.05, 0) is 68.5 Å². The lowest BCUT2D eigenvalue weighted by Crippen LogP contribution is -2.49. The number of carbonyl (C=O) groups is 1. The number of nitrogens with zero attached hydrogens (tertiary/aromatic N) is 3. The van der Waals surface area contributed by atoms with Crippen LogP contribution in [0.2, 0.25) is 0 Å². The van der Waals surface area contributed by atoms with Gasteiger partial charge < -0.3 is 9.67 Å². The van der Waals surface area contributed by atoms with E-state index in [0.29, 0.717) is 4.77 Å². The second-order valence-corrected chi connectivity index (χ2v) is 7.78. The van der Waals surface area contributed by atoms with Gasteiger partial charge in [0.2, 0.25) is 0 Å². The van der Waals surface area contributed by atoms with Gasteiger partial charge in [-0.15, -0.1) is 0 Å². The normalized spacial score (nSPS) is 37.1. The highest BCUT2D eigenvalue weighted by molar-refractivity contribution is 7.71. The zero-order chi connectivity index (χ0) is 14.8. The molecule has 0 spiro atoms. The van der Waals surface area contributed by atoms with Crippen LogP contribution in [0.5, 0.6) is 0 Å². The van der Waals surface area contributed by atoms with Crippen LogP contribution in [0.25, 0.3) is 0 Å². The molecule has 6 heteroatoms. The number of aromatic nitrogens is 3. The zero-order valence-electron chi connectivity index (χ0n) is 12.3. The van der Waals surface area contributed by atoms with E-state index in [1.807, 2.05) is 11.6 Å². The third kappa shape index (κ3) is 1.99. The van der Waals surface area contributed by atoms with Crippen LogP contribution in [0.3, 0.4) is 0 Å². The summed E-state index contributed by atoms with van der Waals surface area (Å²) in [5, 5.41) is 13.6. The van der Waals surface area contributed by atoms with E-state index in [1.54, 1.807) is 0 Å². The molecule has 0 atom stereocenters. The Morgan fingerprint density at radius 2 is 1.81 bits per heavy atom. The third-order valence-electron chi connectivity index (χ3n) is 5.84. The number of aliphatic carboxylic acids is 1. The molecule has 0 saturated heterocycles. The minimum Gasteiger partial charge on any atom is -0.480 e. The predicted octanol–water partition coefficient (Wildman–Crippen LogP) is 2.50. The Kier molecular flexibility index (Phi) is 2.83. The molecule has 0 aromatic carbocycles. The zero-order valence-corrected chi connectivity index (χ0v) is 13.1. The summed E-state index contributed by atoms with van der Waals surface area (Å²) in [6.07, 6.45) is 7.81.